The lowest BCUT2D eigenvalue weighted by Gasteiger charge is -2.34. The molecular formula is C34H38F3NO3. The molecule has 3 aromatic rings. The smallest absolute Gasteiger partial charge is 0.391 e. The standard InChI is InChI=1S/C34H38F3NO3/c35-34(36,37)27-13-8-25(9-14-27)33(40)38-20-4-5-21-41-29-16-10-24(11-17-29)32-30(23-6-2-1-3-7-23)18-12-26-22-28(39)15-19-31(26)32/h1-3,6-7,10-11,15-17,19,22,25,27,30,32,39H,4-5,8-9,12-14,18,20-21H2,(H,38,40)/t25-,27-,30?,32?. The number of aryl methyl sites for hydroxylation is 1. The van der Waals surface area contributed by atoms with Crippen molar-refractivity contribution in [2.45, 2.75) is 69.4 Å². The maximum Gasteiger partial charge on any atom is 0.391 e. The van der Waals surface area contributed by atoms with Crippen molar-refractivity contribution in [2.24, 2.45) is 11.8 Å². The fourth-order valence-electron chi connectivity index (χ4n) is 6.51. The summed E-state index contributed by atoms with van der Waals surface area (Å²) in [6.07, 6.45) is -0.0271. The van der Waals surface area contributed by atoms with Crippen molar-refractivity contribution in [3.05, 3.63) is 95.1 Å². The van der Waals surface area contributed by atoms with Crippen LogP contribution in [0.5, 0.6) is 11.5 Å². The lowest BCUT2D eigenvalue weighted by molar-refractivity contribution is -0.184. The first-order chi connectivity index (χ1) is 19.8. The van der Waals surface area contributed by atoms with E-state index in [4.69, 9.17) is 4.74 Å². The van der Waals surface area contributed by atoms with Crippen molar-refractivity contribution in [1.82, 2.24) is 5.32 Å². The molecule has 2 aliphatic carbocycles. The molecule has 2 N–H and O–H groups in total. The number of rotatable bonds is 9. The Morgan fingerprint density at radius 1 is 0.878 bits per heavy atom. The second-order valence-corrected chi connectivity index (χ2v) is 11.4. The molecule has 5 rings (SSSR count). The van der Waals surface area contributed by atoms with Gasteiger partial charge in [-0.2, -0.15) is 13.2 Å². The van der Waals surface area contributed by atoms with Gasteiger partial charge in [0.05, 0.1) is 12.5 Å². The van der Waals surface area contributed by atoms with Gasteiger partial charge in [-0.15, -0.1) is 0 Å². The first-order valence-electron chi connectivity index (χ1n) is 14.7. The summed E-state index contributed by atoms with van der Waals surface area (Å²) < 4.78 is 44.5. The highest BCUT2D eigenvalue weighted by Crippen LogP contribution is 2.47. The van der Waals surface area contributed by atoms with E-state index in [9.17, 15) is 23.1 Å². The number of carbonyl (C=O) groups excluding carboxylic acids is 1. The zero-order valence-electron chi connectivity index (χ0n) is 23.2. The van der Waals surface area contributed by atoms with Crippen LogP contribution in [0.2, 0.25) is 0 Å². The number of hydrogen-bond acceptors (Lipinski definition) is 3. The predicted octanol–water partition coefficient (Wildman–Crippen LogP) is 7.90. The average molecular weight is 566 g/mol. The molecule has 2 aliphatic rings. The van der Waals surface area contributed by atoms with E-state index in [-0.39, 0.29) is 30.6 Å². The molecule has 0 aliphatic heterocycles. The molecule has 0 bridgehead atoms. The fourth-order valence-corrected chi connectivity index (χ4v) is 6.51. The van der Waals surface area contributed by atoms with E-state index >= 15 is 0 Å². The van der Waals surface area contributed by atoms with E-state index in [1.165, 1.54) is 22.3 Å². The van der Waals surface area contributed by atoms with Crippen LogP contribution in [0.3, 0.4) is 0 Å². The van der Waals surface area contributed by atoms with Crippen LogP contribution in [0, 0.1) is 11.8 Å². The van der Waals surface area contributed by atoms with Crippen molar-refractivity contribution in [3.8, 4) is 11.5 Å². The van der Waals surface area contributed by atoms with Gasteiger partial charge in [0.2, 0.25) is 5.91 Å². The van der Waals surface area contributed by atoms with Crippen molar-refractivity contribution >= 4 is 5.91 Å². The summed E-state index contributed by atoms with van der Waals surface area (Å²) in [5.41, 5.74) is 4.98. The molecule has 7 heteroatoms. The number of phenolic OH excluding ortho intramolecular Hbond substituents is 1. The Morgan fingerprint density at radius 2 is 1.61 bits per heavy atom. The zero-order valence-corrected chi connectivity index (χ0v) is 23.2. The largest absolute Gasteiger partial charge is 0.508 e. The Balaban J connectivity index is 1.10. The number of hydrogen-bond donors (Lipinski definition) is 2. The minimum atomic E-state index is -4.15. The van der Waals surface area contributed by atoms with E-state index in [0.717, 1.165) is 31.4 Å². The first-order valence-corrected chi connectivity index (χ1v) is 14.7. The Kier molecular flexibility index (Phi) is 9.21. The molecule has 41 heavy (non-hydrogen) atoms. The van der Waals surface area contributed by atoms with Gasteiger partial charge in [0.1, 0.15) is 11.5 Å². The van der Waals surface area contributed by atoms with Crippen LogP contribution in [0.15, 0.2) is 72.8 Å². The topological polar surface area (TPSA) is 58.6 Å². The summed E-state index contributed by atoms with van der Waals surface area (Å²) in [5, 5.41) is 12.9. The highest BCUT2D eigenvalue weighted by Gasteiger charge is 2.42. The van der Waals surface area contributed by atoms with Crippen LogP contribution in [0.25, 0.3) is 0 Å². The van der Waals surface area contributed by atoms with Crippen molar-refractivity contribution in [2.75, 3.05) is 13.2 Å². The minimum Gasteiger partial charge on any atom is -0.508 e. The Morgan fingerprint density at radius 3 is 2.32 bits per heavy atom. The summed E-state index contributed by atoms with van der Waals surface area (Å²) in [6.45, 7) is 1.02. The van der Waals surface area contributed by atoms with Crippen LogP contribution in [0.4, 0.5) is 13.2 Å². The highest BCUT2D eigenvalue weighted by atomic mass is 19.4. The number of nitrogens with one attached hydrogen (secondary N) is 1. The normalized spacial score (nSPS) is 22.5. The van der Waals surface area contributed by atoms with Gasteiger partial charge in [0.25, 0.3) is 0 Å². The summed E-state index contributed by atoms with van der Waals surface area (Å²) in [7, 11) is 0. The molecule has 0 spiro atoms. The number of aromatic hydroxyl groups is 1. The number of unbranched alkanes of at least 4 members (excludes halogenated alkanes) is 1. The Bertz CT molecular complexity index is 1280. The number of ether oxygens (including phenoxy) is 1. The van der Waals surface area contributed by atoms with Gasteiger partial charge >= 0.3 is 6.18 Å². The maximum atomic E-state index is 12.8. The number of alkyl halides is 3. The number of phenols is 1. The van der Waals surface area contributed by atoms with E-state index in [0.29, 0.717) is 37.7 Å². The zero-order chi connectivity index (χ0) is 28.8. The summed E-state index contributed by atoms with van der Waals surface area (Å²) in [5.74, 6) is -0.0924. The summed E-state index contributed by atoms with van der Waals surface area (Å²) in [4.78, 5) is 12.3. The highest BCUT2D eigenvalue weighted by molar-refractivity contribution is 5.78. The number of halogens is 3. The third kappa shape index (κ3) is 7.24. The Labute approximate surface area is 239 Å². The lowest BCUT2D eigenvalue weighted by atomic mass is 9.69. The second kappa shape index (κ2) is 13.0. The van der Waals surface area contributed by atoms with Crippen LogP contribution < -0.4 is 10.1 Å². The van der Waals surface area contributed by atoms with E-state index in [1.807, 2.05) is 24.3 Å². The molecule has 2 unspecified atom stereocenters. The molecule has 0 aromatic heterocycles. The fraction of sp³-hybridized carbons (Fsp3) is 0.441. The van der Waals surface area contributed by atoms with E-state index < -0.39 is 12.1 Å². The first kappa shape index (κ1) is 29.0. The van der Waals surface area contributed by atoms with Crippen molar-refractivity contribution in [1.29, 1.82) is 0 Å². The second-order valence-electron chi connectivity index (χ2n) is 11.4. The molecule has 0 radical (unpaired) electrons. The molecule has 3 aromatic carbocycles. The summed E-state index contributed by atoms with van der Waals surface area (Å²) >= 11 is 0. The van der Waals surface area contributed by atoms with Gasteiger partial charge < -0.3 is 15.2 Å². The molecule has 218 valence electrons. The number of benzene rings is 3. The monoisotopic (exact) mass is 565 g/mol. The SMILES string of the molecule is O=C(NCCCCOc1ccc(C2c3ccc(O)cc3CCC2c2ccccc2)cc1)[C@H]1CC[C@H](C(F)(F)F)CC1. The third-order valence-electron chi connectivity index (χ3n) is 8.76. The predicted molar refractivity (Wildman–Crippen MR) is 153 cm³/mol. The van der Waals surface area contributed by atoms with E-state index in [1.54, 1.807) is 6.07 Å². The van der Waals surface area contributed by atoms with Crippen LogP contribution in [-0.4, -0.2) is 30.3 Å². The molecule has 0 saturated heterocycles. The average Bonchev–Trinajstić information content (AvgIpc) is 2.98. The molecule has 1 fully saturated rings. The number of fused-ring (bicyclic) bond motifs is 1. The number of amides is 1. The van der Waals surface area contributed by atoms with Gasteiger partial charge in [-0.25, -0.2) is 0 Å². The number of carbonyl (C=O) groups is 1. The lowest BCUT2D eigenvalue weighted by Crippen LogP contribution is -2.36. The van der Waals surface area contributed by atoms with Gasteiger partial charge in [-0.1, -0.05) is 48.5 Å². The third-order valence-corrected chi connectivity index (χ3v) is 8.76. The molecule has 1 amide bonds. The quantitative estimate of drug-likeness (QED) is 0.259. The molecule has 1 saturated carbocycles. The maximum absolute atomic E-state index is 12.8. The van der Waals surface area contributed by atoms with Crippen LogP contribution in [0.1, 0.15) is 79.0 Å². The van der Waals surface area contributed by atoms with Gasteiger partial charge in [-0.05, 0) is 104 Å². The van der Waals surface area contributed by atoms with Gasteiger partial charge in [0, 0.05) is 18.4 Å². The van der Waals surface area contributed by atoms with E-state index in [2.05, 4.69) is 47.8 Å². The van der Waals surface area contributed by atoms with Gasteiger partial charge in [0.15, 0.2) is 0 Å². The molecule has 0 heterocycles. The molecular weight excluding hydrogens is 527 g/mol. The van der Waals surface area contributed by atoms with Crippen molar-refractivity contribution < 1.29 is 27.8 Å². The van der Waals surface area contributed by atoms with Crippen LogP contribution in [-0.2, 0) is 11.2 Å². The van der Waals surface area contributed by atoms with Gasteiger partial charge in [-0.3, -0.25) is 4.79 Å². The van der Waals surface area contributed by atoms with Crippen molar-refractivity contribution in [3.63, 3.8) is 0 Å². The molecule has 4 nitrogen and oxygen atoms in total. The minimum absolute atomic E-state index is 0.0397. The summed E-state index contributed by atoms with van der Waals surface area (Å²) in [6, 6.07) is 24.6. The van der Waals surface area contributed by atoms with Crippen LogP contribution >= 0.6 is 0 Å². The molecule has 2 atom stereocenters. The Hall–Kier alpha value is -3.48.